The Kier molecular flexibility index (Phi) is 3.76. The first-order valence-electron chi connectivity index (χ1n) is 6.95. The molecule has 3 rings (SSSR count). The van der Waals surface area contributed by atoms with Gasteiger partial charge in [-0.3, -0.25) is 14.5 Å². The number of nitrogens with zero attached hydrogens (tertiary/aromatic N) is 1. The molecular formula is C14H18N2O3S. The lowest BCUT2D eigenvalue weighted by molar-refractivity contribution is -0.144. The second kappa shape index (κ2) is 5.54. The maximum atomic E-state index is 11.9. The third-order valence-corrected chi connectivity index (χ3v) is 4.93. The molecule has 0 bridgehead atoms. The highest BCUT2D eigenvalue weighted by Crippen LogP contribution is 2.33. The van der Waals surface area contributed by atoms with Gasteiger partial charge >= 0.3 is 5.97 Å². The lowest BCUT2D eigenvalue weighted by Gasteiger charge is -2.32. The highest BCUT2D eigenvalue weighted by Gasteiger charge is 2.34. The van der Waals surface area contributed by atoms with Crippen LogP contribution in [0.4, 0.5) is 0 Å². The van der Waals surface area contributed by atoms with Crippen molar-refractivity contribution in [1.29, 1.82) is 0 Å². The minimum Gasteiger partial charge on any atom is -0.480 e. The first kappa shape index (κ1) is 13.6. The van der Waals surface area contributed by atoms with Gasteiger partial charge in [0.2, 0.25) is 5.91 Å². The lowest BCUT2D eigenvalue weighted by atomic mass is 10.00. The van der Waals surface area contributed by atoms with Crippen molar-refractivity contribution in [2.75, 3.05) is 19.6 Å². The Labute approximate surface area is 121 Å². The topological polar surface area (TPSA) is 69.6 Å². The number of amides is 1. The monoisotopic (exact) mass is 294 g/mol. The summed E-state index contributed by atoms with van der Waals surface area (Å²) in [5.41, 5.74) is 0.851. The molecule has 0 saturated heterocycles. The largest absolute Gasteiger partial charge is 0.480 e. The zero-order chi connectivity index (χ0) is 14.1. The third kappa shape index (κ3) is 2.86. The summed E-state index contributed by atoms with van der Waals surface area (Å²) in [5.74, 6) is -0.305. The second-order valence-electron chi connectivity index (χ2n) is 5.51. The lowest BCUT2D eigenvalue weighted by Crippen LogP contribution is -2.45. The number of nitrogens with one attached hydrogen (secondary N) is 1. The fraction of sp³-hybridized carbons (Fsp3) is 0.571. The van der Waals surface area contributed by atoms with Gasteiger partial charge in [-0.2, -0.15) is 0 Å². The molecule has 2 N–H and O–H groups in total. The molecular weight excluding hydrogens is 276 g/mol. The Hall–Kier alpha value is -1.40. The summed E-state index contributed by atoms with van der Waals surface area (Å²) in [6, 6.07) is 1.18. The molecule has 2 heterocycles. The number of hydrogen-bond acceptors (Lipinski definition) is 4. The number of hydrogen-bond donors (Lipinski definition) is 2. The van der Waals surface area contributed by atoms with Crippen LogP contribution in [0.2, 0.25) is 0 Å². The van der Waals surface area contributed by atoms with Crippen molar-refractivity contribution in [2.45, 2.75) is 25.3 Å². The van der Waals surface area contributed by atoms with Crippen molar-refractivity contribution in [2.24, 2.45) is 5.92 Å². The van der Waals surface area contributed by atoms with E-state index >= 15 is 0 Å². The van der Waals surface area contributed by atoms with E-state index < -0.39 is 12.0 Å². The fourth-order valence-electron chi connectivity index (χ4n) is 2.65. The van der Waals surface area contributed by atoms with Crippen LogP contribution in [0.25, 0.3) is 0 Å². The number of aliphatic carboxylic acids is 1. The number of thiophene rings is 1. The molecule has 1 saturated carbocycles. The Morgan fingerprint density at radius 2 is 2.25 bits per heavy atom. The first-order chi connectivity index (χ1) is 9.65. The van der Waals surface area contributed by atoms with Crippen molar-refractivity contribution < 1.29 is 14.7 Å². The zero-order valence-corrected chi connectivity index (χ0v) is 12.0. The van der Waals surface area contributed by atoms with Crippen LogP contribution in [-0.2, 0) is 16.0 Å². The van der Waals surface area contributed by atoms with Gasteiger partial charge in [-0.1, -0.05) is 0 Å². The predicted molar refractivity (Wildman–Crippen MR) is 75.7 cm³/mol. The van der Waals surface area contributed by atoms with Crippen LogP contribution >= 0.6 is 11.3 Å². The maximum Gasteiger partial charge on any atom is 0.325 e. The number of carbonyl (C=O) groups excluding carboxylic acids is 1. The van der Waals surface area contributed by atoms with Gasteiger partial charge in [-0.25, -0.2) is 0 Å². The van der Waals surface area contributed by atoms with Crippen LogP contribution in [-0.4, -0.2) is 41.5 Å². The van der Waals surface area contributed by atoms with Crippen molar-refractivity contribution in [3.63, 3.8) is 0 Å². The average molecular weight is 294 g/mol. The highest BCUT2D eigenvalue weighted by molar-refractivity contribution is 7.10. The molecule has 1 amide bonds. The number of carboxylic acids is 1. The second-order valence-corrected chi connectivity index (χ2v) is 6.51. The molecule has 1 unspecified atom stereocenters. The molecule has 0 aromatic carbocycles. The van der Waals surface area contributed by atoms with Crippen molar-refractivity contribution >= 4 is 23.2 Å². The van der Waals surface area contributed by atoms with E-state index in [-0.39, 0.29) is 12.5 Å². The van der Waals surface area contributed by atoms with Crippen LogP contribution in [0.1, 0.15) is 29.3 Å². The van der Waals surface area contributed by atoms with E-state index in [1.54, 1.807) is 16.2 Å². The molecule has 5 nitrogen and oxygen atoms in total. The van der Waals surface area contributed by atoms with Gasteiger partial charge in [0, 0.05) is 18.0 Å². The minimum atomic E-state index is -0.876. The fourth-order valence-corrected chi connectivity index (χ4v) is 3.55. The van der Waals surface area contributed by atoms with E-state index in [4.69, 9.17) is 0 Å². The molecule has 1 aromatic rings. The SMILES string of the molecule is O=C(CN1CCc2sccc2C1C(=O)O)NCC1CC1. The number of carboxylic acid groups (broad SMARTS) is 1. The molecule has 0 radical (unpaired) electrons. The molecule has 108 valence electrons. The number of carbonyl (C=O) groups is 2. The summed E-state index contributed by atoms with van der Waals surface area (Å²) in [7, 11) is 0. The van der Waals surface area contributed by atoms with Crippen LogP contribution in [0.5, 0.6) is 0 Å². The molecule has 1 aliphatic carbocycles. The van der Waals surface area contributed by atoms with Gasteiger partial charge < -0.3 is 10.4 Å². The van der Waals surface area contributed by atoms with Gasteiger partial charge in [0.1, 0.15) is 6.04 Å². The van der Waals surface area contributed by atoms with E-state index in [1.165, 1.54) is 12.8 Å². The van der Waals surface area contributed by atoms with E-state index in [1.807, 2.05) is 11.4 Å². The van der Waals surface area contributed by atoms with Gasteiger partial charge in [0.25, 0.3) is 0 Å². The summed E-state index contributed by atoms with van der Waals surface area (Å²) in [6.07, 6.45) is 3.21. The molecule has 1 aliphatic heterocycles. The van der Waals surface area contributed by atoms with E-state index in [9.17, 15) is 14.7 Å². The smallest absolute Gasteiger partial charge is 0.325 e. The van der Waals surface area contributed by atoms with Crippen LogP contribution in [0.15, 0.2) is 11.4 Å². The molecule has 1 fully saturated rings. The van der Waals surface area contributed by atoms with Crippen LogP contribution in [0, 0.1) is 5.92 Å². The number of fused-ring (bicyclic) bond motifs is 1. The van der Waals surface area contributed by atoms with E-state index in [0.29, 0.717) is 12.5 Å². The summed E-state index contributed by atoms with van der Waals surface area (Å²) >= 11 is 1.60. The Morgan fingerprint density at radius 3 is 2.95 bits per heavy atom. The molecule has 1 aromatic heterocycles. The van der Waals surface area contributed by atoms with Gasteiger partial charge in [-0.15, -0.1) is 11.3 Å². The van der Waals surface area contributed by atoms with Crippen molar-refractivity contribution in [3.05, 3.63) is 21.9 Å². The van der Waals surface area contributed by atoms with Gasteiger partial charge in [0.05, 0.1) is 6.54 Å². The van der Waals surface area contributed by atoms with Crippen molar-refractivity contribution in [1.82, 2.24) is 10.2 Å². The molecule has 6 heteroatoms. The summed E-state index contributed by atoms with van der Waals surface area (Å²) in [4.78, 5) is 26.3. The Bertz CT molecular complexity index is 524. The zero-order valence-electron chi connectivity index (χ0n) is 11.2. The summed E-state index contributed by atoms with van der Waals surface area (Å²) < 4.78 is 0. The van der Waals surface area contributed by atoms with Crippen LogP contribution in [0.3, 0.4) is 0 Å². The first-order valence-corrected chi connectivity index (χ1v) is 7.83. The van der Waals surface area contributed by atoms with Crippen molar-refractivity contribution in [3.8, 4) is 0 Å². The minimum absolute atomic E-state index is 0.0678. The average Bonchev–Trinajstić information content (AvgIpc) is 3.12. The summed E-state index contributed by atoms with van der Waals surface area (Å²) in [5, 5.41) is 14.3. The quantitative estimate of drug-likeness (QED) is 0.858. The number of rotatable bonds is 5. The van der Waals surface area contributed by atoms with E-state index in [0.717, 1.165) is 23.4 Å². The third-order valence-electron chi connectivity index (χ3n) is 3.93. The summed E-state index contributed by atoms with van der Waals surface area (Å²) in [6.45, 7) is 1.52. The maximum absolute atomic E-state index is 11.9. The van der Waals surface area contributed by atoms with Gasteiger partial charge in [-0.05, 0) is 42.2 Å². The van der Waals surface area contributed by atoms with E-state index in [2.05, 4.69) is 5.32 Å². The molecule has 20 heavy (non-hydrogen) atoms. The Morgan fingerprint density at radius 1 is 1.45 bits per heavy atom. The standard InChI is InChI=1S/C14H18N2O3S/c17-12(15-7-9-1-2-9)8-16-5-3-11-10(4-6-20-11)13(16)14(18)19/h4,6,9,13H,1-3,5,7-8H2,(H,15,17)(H,18,19). The van der Waals surface area contributed by atoms with Gasteiger partial charge in [0.15, 0.2) is 0 Å². The predicted octanol–water partition coefficient (Wildman–Crippen LogP) is 1.26. The molecule has 0 spiro atoms. The highest BCUT2D eigenvalue weighted by atomic mass is 32.1. The normalized spacial score (nSPS) is 22.3. The van der Waals surface area contributed by atoms with Crippen LogP contribution < -0.4 is 5.32 Å². The Balaban J connectivity index is 1.65. The molecule has 2 aliphatic rings. The molecule has 1 atom stereocenters.